The number of hydrogen-bond donors (Lipinski definition) is 2. The molecule has 0 radical (unpaired) electrons. The summed E-state index contributed by atoms with van der Waals surface area (Å²) >= 11 is 0.977. The van der Waals surface area contributed by atoms with Gasteiger partial charge in [-0.1, -0.05) is 49.4 Å². The normalized spacial score (nSPS) is 12.7. The first-order chi connectivity index (χ1) is 16.2. The van der Waals surface area contributed by atoms with E-state index in [1.54, 1.807) is 29.1 Å². The maximum absolute atomic E-state index is 12.9. The van der Waals surface area contributed by atoms with Gasteiger partial charge in [0.15, 0.2) is 0 Å². The molecule has 0 saturated carbocycles. The second-order valence-corrected chi connectivity index (χ2v) is 10.8. The van der Waals surface area contributed by atoms with Crippen molar-refractivity contribution in [3.63, 3.8) is 0 Å². The van der Waals surface area contributed by atoms with E-state index in [0.717, 1.165) is 16.9 Å². The molecule has 0 aliphatic rings. The number of ether oxygens (including phenoxy) is 1. The van der Waals surface area contributed by atoms with Crippen LogP contribution in [0.5, 0.6) is 5.75 Å². The number of nitrogens with one attached hydrogen (secondary N) is 1. The Morgan fingerprint density at radius 3 is 2.68 bits per heavy atom. The molecule has 3 N–H and O–H groups in total. The summed E-state index contributed by atoms with van der Waals surface area (Å²) < 4.78 is 30.9. The molecular weight excluding hydrogens is 476 g/mol. The Bertz CT molecular complexity index is 1400. The van der Waals surface area contributed by atoms with Crippen LogP contribution in [0.3, 0.4) is 0 Å². The minimum absolute atomic E-state index is 0.00648. The Morgan fingerprint density at radius 1 is 1.21 bits per heavy atom. The molecule has 2 aromatic heterocycles. The molecular formula is C22H24N6O4S2. The van der Waals surface area contributed by atoms with Crippen LogP contribution in [0.1, 0.15) is 31.1 Å². The molecule has 0 aliphatic heterocycles. The predicted octanol–water partition coefficient (Wildman–Crippen LogP) is 2.63. The van der Waals surface area contributed by atoms with Gasteiger partial charge in [0.2, 0.25) is 10.2 Å². The molecule has 0 fully saturated rings. The third kappa shape index (κ3) is 5.58. The van der Waals surface area contributed by atoms with Crippen molar-refractivity contribution in [3.8, 4) is 5.75 Å². The quantitative estimate of drug-likeness (QED) is 0.360. The van der Waals surface area contributed by atoms with E-state index in [4.69, 9.17) is 9.88 Å². The van der Waals surface area contributed by atoms with E-state index in [2.05, 4.69) is 20.6 Å². The lowest BCUT2D eigenvalue weighted by Gasteiger charge is -2.20. The molecule has 2 aromatic carbocycles. The third-order valence-electron chi connectivity index (χ3n) is 5.02. The fourth-order valence-corrected chi connectivity index (χ4v) is 5.07. The molecule has 178 valence electrons. The molecule has 0 aliphatic carbocycles. The fraction of sp³-hybridized carbons (Fsp3) is 0.273. The van der Waals surface area contributed by atoms with Crippen molar-refractivity contribution in [1.29, 1.82) is 0 Å². The Labute approximate surface area is 200 Å². The number of amides is 1. The summed E-state index contributed by atoms with van der Waals surface area (Å²) in [5, 5.41) is 16.4. The molecule has 1 atom stereocenters. The van der Waals surface area contributed by atoms with Gasteiger partial charge in [-0.05, 0) is 29.7 Å². The van der Waals surface area contributed by atoms with E-state index in [-0.39, 0.29) is 22.8 Å². The monoisotopic (exact) mass is 500 g/mol. The highest BCUT2D eigenvalue weighted by molar-refractivity contribution is 7.91. The average Bonchev–Trinajstić information content (AvgIpc) is 3.43. The summed E-state index contributed by atoms with van der Waals surface area (Å²) in [7, 11) is -3.86. The zero-order valence-electron chi connectivity index (χ0n) is 18.6. The van der Waals surface area contributed by atoms with Gasteiger partial charge in [0.05, 0.1) is 16.4 Å². The molecule has 1 amide bonds. The molecule has 4 rings (SSSR count). The number of thiazole rings is 1. The molecule has 2 heterocycles. The van der Waals surface area contributed by atoms with Crippen molar-refractivity contribution < 1.29 is 17.9 Å². The summed E-state index contributed by atoms with van der Waals surface area (Å²) in [6, 6.07) is 14.2. The highest BCUT2D eigenvalue weighted by atomic mass is 32.2. The predicted molar refractivity (Wildman–Crippen MR) is 128 cm³/mol. The number of fused-ring (bicyclic) bond motifs is 1. The third-order valence-corrected chi connectivity index (χ3v) is 7.36. The zero-order chi connectivity index (χ0) is 24.3. The van der Waals surface area contributed by atoms with Crippen LogP contribution in [0.25, 0.3) is 10.2 Å². The number of hydrogen-bond acceptors (Lipinski definition) is 8. The number of sulfonamides is 1. The Hall–Kier alpha value is -3.35. The van der Waals surface area contributed by atoms with Gasteiger partial charge in [-0.25, -0.2) is 23.2 Å². The van der Waals surface area contributed by atoms with Crippen LogP contribution in [0, 0.1) is 5.92 Å². The zero-order valence-corrected chi connectivity index (χ0v) is 20.2. The van der Waals surface area contributed by atoms with Crippen LogP contribution >= 0.6 is 11.3 Å². The summed E-state index contributed by atoms with van der Waals surface area (Å²) in [4.78, 5) is 16.9. The molecule has 4 aromatic rings. The first-order valence-corrected chi connectivity index (χ1v) is 12.9. The van der Waals surface area contributed by atoms with Gasteiger partial charge in [0.25, 0.3) is 10.0 Å². The molecule has 12 heteroatoms. The number of carbonyl (C=O) groups is 1. The van der Waals surface area contributed by atoms with Gasteiger partial charge in [-0.2, -0.15) is 0 Å². The van der Waals surface area contributed by atoms with Crippen molar-refractivity contribution in [2.24, 2.45) is 11.1 Å². The molecule has 0 bridgehead atoms. The first-order valence-electron chi connectivity index (χ1n) is 10.5. The SMILES string of the molecule is CC(C)C(C(=O)NCc1ccccc1)n1cc(COc2ccc3nc(S(N)(=O)=O)sc3c2)nn1. The minimum Gasteiger partial charge on any atom is -0.487 e. The lowest BCUT2D eigenvalue weighted by molar-refractivity contribution is -0.126. The Morgan fingerprint density at radius 2 is 1.97 bits per heavy atom. The van der Waals surface area contributed by atoms with E-state index in [1.807, 2.05) is 44.2 Å². The number of nitrogens with two attached hydrogens (primary N) is 1. The van der Waals surface area contributed by atoms with E-state index in [9.17, 15) is 13.2 Å². The van der Waals surface area contributed by atoms with Crippen LogP contribution < -0.4 is 15.2 Å². The number of aromatic nitrogens is 4. The Balaban J connectivity index is 1.41. The van der Waals surface area contributed by atoms with Crippen molar-refractivity contribution in [3.05, 3.63) is 66.0 Å². The van der Waals surface area contributed by atoms with E-state index < -0.39 is 16.1 Å². The van der Waals surface area contributed by atoms with Gasteiger partial charge < -0.3 is 10.1 Å². The second kappa shape index (κ2) is 9.87. The van der Waals surface area contributed by atoms with Crippen molar-refractivity contribution in [2.75, 3.05) is 0 Å². The largest absolute Gasteiger partial charge is 0.487 e. The van der Waals surface area contributed by atoms with Gasteiger partial charge in [-0.3, -0.25) is 4.79 Å². The van der Waals surface area contributed by atoms with Crippen molar-refractivity contribution in [1.82, 2.24) is 25.3 Å². The lowest BCUT2D eigenvalue weighted by atomic mass is 10.0. The van der Waals surface area contributed by atoms with Gasteiger partial charge in [0, 0.05) is 6.54 Å². The standard InChI is InChI=1S/C22H24N6O4S2/c1-14(2)20(21(29)24-11-15-6-4-3-5-7-15)28-12-16(26-27-28)13-32-17-8-9-18-19(10-17)33-22(25-18)34(23,30)31/h3-10,12,14,20H,11,13H2,1-2H3,(H,24,29)(H2,23,30,31). The summed E-state index contributed by atoms with van der Waals surface area (Å²) in [5.41, 5.74) is 2.09. The first kappa shape index (κ1) is 23.8. The van der Waals surface area contributed by atoms with Crippen molar-refractivity contribution >= 4 is 37.5 Å². The highest BCUT2D eigenvalue weighted by Gasteiger charge is 2.25. The molecule has 34 heavy (non-hydrogen) atoms. The molecule has 0 spiro atoms. The molecule has 0 saturated heterocycles. The number of primary sulfonamides is 1. The summed E-state index contributed by atoms with van der Waals surface area (Å²) in [6.07, 6.45) is 1.69. The summed E-state index contributed by atoms with van der Waals surface area (Å²) in [5.74, 6) is 0.373. The fourth-order valence-electron chi connectivity index (χ4n) is 3.39. The van der Waals surface area contributed by atoms with E-state index in [0.29, 0.717) is 28.2 Å². The minimum atomic E-state index is -3.86. The Kier molecular flexibility index (Phi) is 6.91. The van der Waals surface area contributed by atoms with Gasteiger partial charge in [-0.15, -0.1) is 16.4 Å². The highest BCUT2D eigenvalue weighted by Crippen LogP contribution is 2.28. The van der Waals surface area contributed by atoms with Crippen LogP contribution in [0.2, 0.25) is 0 Å². The molecule has 10 nitrogen and oxygen atoms in total. The number of benzene rings is 2. The topological polar surface area (TPSA) is 142 Å². The van der Waals surface area contributed by atoms with Crippen LogP contribution in [-0.2, 0) is 28.0 Å². The lowest BCUT2D eigenvalue weighted by Crippen LogP contribution is -2.35. The van der Waals surface area contributed by atoms with Crippen LogP contribution in [-0.4, -0.2) is 34.3 Å². The second-order valence-electron chi connectivity index (χ2n) is 8.03. The van der Waals surface area contributed by atoms with E-state index >= 15 is 0 Å². The number of nitrogens with zero attached hydrogens (tertiary/aromatic N) is 4. The van der Waals surface area contributed by atoms with E-state index in [1.165, 1.54) is 0 Å². The summed E-state index contributed by atoms with van der Waals surface area (Å²) in [6.45, 7) is 4.46. The van der Waals surface area contributed by atoms with Crippen LogP contribution in [0.15, 0.2) is 59.1 Å². The van der Waals surface area contributed by atoms with Crippen LogP contribution in [0.4, 0.5) is 0 Å². The smallest absolute Gasteiger partial charge is 0.265 e. The maximum Gasteiger partial charge on any atom is 0.265 e. The number of carbonyl (C=O) groups excluding carboxylic acids is 1. The number of rotatable bonds is 9. The van der Waals surface area contributed by atoms with Crippen molar-refractivity contribution in [2.45, 2.75) is 37.4 Å². The molecule has 1 unspecified atom stereocenters. The maximum atomic E-state index is 12.9. The van der Waals surface area contributed by atoms with Gasteiger partial charge in [0.1, 0.15) is 24.1 Å². The average molecular weight is 501 g/mol. The van der Waals surface area contributed by atoms with Gasteiger partial charge >= 0.3 is 0 Å².